The fraction of sp³-hybridized carbons (Fsp3) is 0.500. The van der Waals surface area contributed by atoms with Gasteiger partial charge in [-0.05, 0) is 13.3 Å². The van der Waals surface area contributed by atoms with E-state index in [-0.39, 0.29) is 25.4 Å². The van der Waals surface area contributed by atoms with Gasteiger partial charge in [0.05, 0.1) is 23.6 Å². The minimum Gasteiger partial charge on any atom is -0.481 e. The number of nitrogens with zero attached hydrogens (tertiary/aromatic N) is 2. The molecule has 1 saturated heterocycles. The van der Waals surface area contributed by atoms with Crippen molar-refractivity contribution in [3.63, 3.8) is 0 Å². The predicted molar refractivity (Wildman–Crippen MR) is 66.1 cm³/mol. The highest BCUT2D eigenvalue weighted by molar-refractivity contribution is 5.95. The van der Waals surface area contributed by atoms with Gasteiger partial charge in [0, 0.05) is 18.8 Å². The molecule has 1 amide bonds. The molecular formula is C12H15N3O5. The van der Waals surface area contributed by atoms with Gasteiger partial charge in [-0.25, -0.2) is 0 Å². The minimum absolute atomic E-state index is 0.101. The second kappa shape index (κ2) is 5.32. The van der Waals surface area contributed by atoms with Crippen molar-refractivity contribution in [1.29, 1.82) is 0 Å². The van der Waals surface area contributed by atoms with Crippen LogP contribution in [0.5, 0.6) is 0 Å². The molecule has 2 heterocycles. The Morgan fingerprint density at radius 2 is 1.95 bits per heavy atom. The number of carbonyl (C=O) groups excluding carboxylic acids is 1. The summed E-state index contributed by atoms with van der Waals surface area (Å²) in [5, 5.41) is 24.5. The molecule has 0 saturated carbocycles. The molecule has 2 atom stereocenters. The topological polar surface area (TPSA) is 124 Å². The Hall–Kier alpha value is -2.38. The van der Waals surface area contributed by atoms with Crippen LogP contribution >= 0.6 is 0 Å². The van der Waals surface area contributed by atoms with E-state index in [1.165, 1.54) is 11.1 Å². The molecule has 0 aromatic carbocycles. The highest BCUT2D eigenvalue weighted by Gasteiger charge is 2.40. The van der Waals surface area contributed by atoms with Gasteiger partial charge in [-0.3, -0.25) is 19.5 Å². The lowest BCUT2D eigenvalue weighted by Gasteiger charge is -2.34. The smallest absolute Gasteiger partial charge is 0.309 e. The molecule has 0 spiro atoms. The molecule has 0 aliphatic carbocycles. The molecule has 2 unspecified atom stereocenters. The van der Waals surface area contributed by atoms with Gasteiger partial charge in [0.15, 0.2) is 0 Å². The predicted octanol–water partition coefficient (Wildman–Crippen LogP) is -0.0344. The van der Waals surface area contributed by atoms with E-state index in [9.17, 15) is 14.4 Å². The maximum absolute atomic E-state index is 12.3. The minimum atomic E-state index is -1.20. The molecule has 20 heavy (non-hydrogen) atoms. The number of H-pyrrole nitrogens is 1. The summed E-state index contributed by atoms with van der Waals surface area (Å²) in [7, 11) is 0. The number of hydrogen-bond donors (Lipinski definition) is 3. The van der Waals surface area contributed by atoms with Crippen molar-refractivity contribution in [2.45, 2.75) is 13.3 Å². The summed E-state index contributed by atoms with van der Waals surface area (Å²) >= 11 is 0. The molecule has 1 aliphatic rings. The van der Waals surface area contributed by atoms with Crippen LogP contribution in [0.15, 0.2) is 6.20 Å². The van der Waals surface area contributed by atoms with Gasteiger partial charge in [-0.1, -0.05) is 0 Å². The van der Waals surface area contributed by atoms with Crippen LogP contribution in [0.1, 0.15) is 22.5 Å². The van der Waals surface area contributed by atoms with Crippen molar-refractivity contribution in [1.82, 2.24) is 15.1 Å². The zero-order valence-electron chi connectivity index (χ0n) is 10.9. The van der Waals surface area contributed by atoms with Gasteiger partial charge in [0.2, 0.25) is 0 Å². The molecule has 8 heteroatoms. The van der Waals surface area contributed by atoms with E-state index in [2.05, 4.69) is 10.2 Å². The third-order valence-corrected chi connectivity index (χ3v) is 3.59. The molecule has 0 radical (unpaired) electrons. The van der Waals surface area contributed by atoms with Crippen LogP contribution in [-0.2, 0) is 9.59 Å². The quantitative estimate of drug-likeness (QED) is 0.714. The van der Waals surface area contributed by atoms with E-state index in [4.69, 9.17) is 10.2 Å². The molecule has 1 fully saturated rings. The molecule has 1 aliphatic heterocycles. The van der Waals surface area contributed by atoms with Crippen LogP contribution in [-0.4, -0.2) is 56.2 Å². The van der Waals surface area contributed by atoms with Gasteiger partial charge in [-0.15, -0.1) is 0 Å². The summed E-state index contributed by atoms with van der Waals surface area (Å²) in [6.07, 6.45) is 1.52. The van der Waals surface area contributed by atoms with Crippen molar-refractivity contribution in [2.24, 2.45) is 11.8 Å². The first-order valence-corrected chi connectivity index (χ1v) is 6.16. The Balaban J connectivity index is 2.17. The zero-order chi connectivity index (χ0) is 14.9. The Morgan fingerprint density at radius 1 is 1.30 bits per heavy atom. The second-order valence-corrected chi connectivity index (χ2v) is 4.84. The lowest BCUT2D eigenvalue weighted by molar-refractivity contribution is -0.156. The maximum atomic E-state index is 12.3. The van der Waals surface area contributed by atoms with Crippen molar-refractivity contribution in [3.8, 4) is 0 Å². The van der Waals surface area contributed by atoms with Gasteiger partial charge in [0.1, 0.15) is 0 Å². The van der Waals surface area contributed by atoms with Crippen molar-refractivity contribution in [2.75, 3.05) is 13.1 Å². The summed E-state index contributed by atoms with van der Waals surface area (Å²) in [6, 6.07) is 0. The van der Waals surface area contributed by atoms with E-state index in [0.717, 1.165) is 0 Å². The van der Waals surface area contributed by atoms with Crippen LogP contribution in [0, 0.1) is 18.8 Å². The number of carboxylic acid groups (broad SMARTS) is 2. The molecule has 2 rings (SSSR count). The van der Waals surface area contributed by atoms with E-state index < -0.39 is 23.8 Å². The summed E-state index contributed by atoms with van der Waals surface area (Å²) in [4.78, 5) is 35.8. The Bertz CT molecular complexity index is 553. The fourth-order valence-electron chi connectivity index (χ4n) is 2.42. The van der Waals surface area contributed by atoms with E-state index in [1.54, 1.807) is 6.92 Å². The standard InChI is InChI=1S/C12H15N3O5/c1-6-8(4-13-14-6)10(16)15-3-2-7(11(17)18)9(5-15)12(19)20/h4,7,9H,2-3,5H2,1H3,(H,13,14)(H,17,18)(H,19,20). The van der Waals surface area contributed by atoms with Crippen LogP contribution in [0.3, 0.4) is 0 Å². The van der Waals surface area contributed by atoms with Crippen LogP contribution in [0.25, 0.3) is 0 Å². The first kappa shape index (κ1) is 14.0. The van der Waals surface area contributed by atoms with E-state index in [0.29, 0.717) is 11.3 Å². The highest BCUT2D eigenvalue weighted by Crippen LogP contribution is 2.25. The Labute approximate surface area is 114 Å². The molecule has 1 aromatic heterocycles. The number of amides is 1. The lowest BCUT2D eigenvalue weighted by atomic mass is 9.85. The molecule has 8 nitrogen and oxygen atoms in total. The number of aliphatic carboxylic acids is 2. The fourth-order valence-corrected chi connectivity index (χ4v) is 2.42. The van der Waals surface area contributed by atoms with Crippen LogP contribution in [0.4, 0.5) is 0 Å². The van der Waals surface area contributed by atoms with E-state index >= 15 is 0 Å². The second-order valence-electron chi connectivity index (χ2n) is 4.84. The number of carbonyl (C=O) groups is 3. The van der Waals surface area contributed by atoms with Crippen molar-refractivity contribution >= 4 is 17.8 Å². The zero-order valence-corrected chi connectivity index (χ0v) is 10.9. The largest absolute Gasteiger partial charge is 0.481 e. The molecule has 0 bridgehead atoms. The number of carboxylic acids is 2. The summed E-state index contributed by atoms with van der Waals surface area (Å²) in [6.45, 7) is 1.82. The monoisotopic (exact) mass is 281 g/mol. The number of likely N-dealkylation sites (tertiary alicyclic amines) is 1. The highest BCUT2D eigenvalue weighted by atomic mass is 16.4. The summed E-state index contributed by atoms with van der Waals surface area (Å²) in [5.74, 6) is -4.70. The SMILES string of the molecule is Cc1[nH]ncc1C(=O)N1CCC(C(=O)O)C(C(=O)O)C1. The first-order chi connectivity index (χ1) is 9.41. The van der Waals surface area contributed by atoms with Gasteiger partial charge in [0.25, 0.3) is 5.91 Å². The Morgan fingerprint density at radius 3 is 2.45 bits per heavy atom. The number of aryl methyl sites for hydroxylation is 1. The molecule has 108 valence electrons. The van der Waals surface area contributed by atoms with Gasteiger partial charge in [-0.2, -0.15) is 5.10 Å². The van der Waals surface area contributed by atoms with Gasteiger partial charge < -0.3 is 15.1 Å². The number of nitrogens with one attached hydrogen (secondary N) is 1. The average molecular weight is 281 g/mol. The number of aromatic nitrogens is 2. The average Bonchev–Trinajstić information content (AvgIpc) is 2.83. The number of aromatic amines is 1. The third-order valence-electron chi connectivity index (χ3n) is 3.59. The lowest BCUT2D eigenvalue weighted by Crippen LogP contribution is -2.48. The van der Waals surface area contributed by atoms with Crippen LogP contribution < -0.4 is 0 Å². The maximum Gasteiger partial charge on any atom is 0.309 e. The number of rotatable bonds is 3. The van der Waals surface area contributed by atoms with Gasteiger partial charge >= 0.3 is 11.9 Å². The molecule has 1 aromatic rings. The third kappa shape index (κ3) is 2.49. The van der Waals surface area contributed by atoms with Crippen LogP contribution in [0.2, 0.25) is 0 Å². The molecule has 3 N–H and O–H groups in total. The molecular weight excluding hydrogens is 266 g/mol. The normalized spacial score (nSPS) is 22.6. The first-order valence-electron chi connectivity index (χ1n) is 6.16. The number of piperidine rings is 1. The summed E-state index contributed by atoms with van der Waals surface area (Å²) in [5.41, 5.74) is 0.977. The number of hydrogen-bond acceptors (Lipinski definition) is 4. The van der Waals surface area contributed by atoms with Crippen molar-refractivity contribution < 1.29 is 24.6 Å². The van der Waals surface area contributed by atoms with E-state index in [1.807, 2.05) is 0 Å². The van der Waals surface area contributed by atoms with Crippen molar-refractivity contribution in [3.05, 3.63) is 17.5 Å². The summed E-state index contributed by atoms with van der Waals surface area (Å²) < 4.78 is 0. The Kier molecular flexibility index (Phi) is 3.73.